The molecule has 84 valence electrons. The van der Waals surface area contributed by atoms with Crippen LogP contribution in [0.1, 0.15) is 15.6 Å². The molecule has 1 N–H and O–H groups in total. The number of nitrogens with one attached hydrogen (secondary N) is 1. The minimum atomic E-state index is -4.30. The Morgan fingerprint density at radius 1 is 1.47 bits per heavy atom. The summed E-state index contributed by atoms with van der Waals surface area (Å²) >= 11 is 0.741. The summed E-state index contributed by atoms with van der Waals surface area (Å²) in [5.74, 6) is 0.451. The summed E-state index contributed by atoms with van der Waals surface area (Å²) in [5, 5.41) is 2.37. The van der Waals surface area contributed by atoms with E-state index in [2.05, 4.69) is 10.3 Å². The number of hydrogen-bond donors (Lipinski definition) is 1. The van der Waals surface area contributed by atoms with Crippen LogP contribution in [0.25, 0.3) is 0 Å². The predicted molar refractivity (Wildman–Crippen MR) is 51.9 cm³/mol. The molecule has 2 heterocycles. The van der Waals surface area contributed by atoms with Gasteiger partial charge in [-0.1, -0.05) is 0 Å². The molecule has 15 heavy (non-hydrogen) atoms. The molecule has 1 aliphatic rings. The van der Waals surface area contributed by atoms with Gasteiger partial charge in [0.05, 0.1) is 5.69 Å². The summed E-state index contributed by atoms with van der Waals surface area (Å²) in [6.07, 6.45) is -3.64. The number of nitrogens with zero attached hydrogens (tertiary/aromatic N) is 1. The average molecular weight is 236 g/mol. The van der Waals surface area contributed by atoms with Gasteiger partial charge in [-0.25, -0.2) is 4.98 Å². The number of hydrogen-bond acceptors (Lipinski definition) is 3. The Balaban J connectivity index is 2.13. The van der Waals surface area contributed by atoms with Gasteiger partial charge in [-0.15, -0.1) is 11.3 Å². The topological polar surface area (TPSA) is 24.9 Å². The molecule has 2 nitrogen and oxygen atoms in total. The third-order valence-electron chi connectivity index (χ3n) is 2.48. The Bertz CT molecular complexity index is 355. The molecule has 1 fully saturated rings. The summed E-state index contributed by atoms with van der Waals surface area (Å²) in [6.45, 7) is 3.48. The second-order valence-electron chi connectivity index (χ2n) is 3.75. The number of aryl methyl sites for hydroxylation is 1. The number of thiazole rings is 1. The van der Waals surface area contributed by atoms with Gasteiger partial charge in [-0.05, 0) is 32.4 Å². The van der Waals surface area contributed by atoms with Crippen LogP contribution < -0.4 is 5.32 Å². The number of halogens is 3. The smallest absolute Gasteiger partial charge is 0.316 e. The van der Waals surface area contributed by atoms with Crippen LogP contribution in [0.3, 0.4) is 0 Å². The zero-order valence-electron chi connectivity index (χ0n) is 8.19. The maximum atomic E-state index is 12.4. The summed E-state index contributed by atoms with van der Waals surface area (Å²) < 4.78 is 37.1. The Morgan fingerprint density at radius 3 is 2.53 bits per heavy atom. The van der Waals surface area contributed by atoms with Gasteiger partial charge in [-0.2, -0.15) is 13.2 Å². The van der Waals surface area contributed by atoms with Gasteiger partial charge in [0, 0.05) is 4.88 Å². The third kappa shape index (κ3) is 2.31. The quantitative estimate of drug-likeness (QED) is 0.851. The number of aromatic nitrogens is 1. The number of rotatable bonds is 2. The molecule has 1 saturated heterocycles. The van der Waals surface area contributed by atoms with Gasteiger partial charge >= 0.3 is 6.18 Å². The van der Waals surface area contributed by atoms with Crippen molar-refractivity contribution in [3.63, 3.8) is 0 Å². The highest BCUT2D eigenvalue weighted by atomic mass is 32.1. The fourth-order valence-corrected chi connectivity index (χ4v) is 2.31. The Labute approximate surface area is 89.5 Å². The van der Waals surface area contributed by atoms with E-state index in [0.29, 0.717) is 22.9 Å². The molecule has 0 spiro atoms. The van der Waals surface area contributed by atoms with Crippen molar-refractivity contribution in [2.24, 2.45) is 5.92 Å². The van der Waals surface area contributed by atoms with Crippen molar-refractivity contribution >= 4 is 11.3 Å². The van der Waals surface area contributed by atoms with E-state index < -0.39 is 11.2 Å². The molecular weight excluding hydrogens is 225 g/mol. The first-order valence-corrected chi connectivity index (χ1v) is 5.52. The largest absolute Gasteiger partial charge is 0.443 e. The molecule has 2 rings (SSSR count). The van der Waals surface area contributed by atoms with E-state index in [1.54, 1.807) is 6.92 Å². The van der Waals surface area contributed by atoms with Crippen molar-refractivity contribution in [3.05, 3.63) is 15.6 Å². The molecule has 1 aromatic heterocycles. The van der Waals surface area contributed by atoms with Crippen molar-refractivity contribution in [3.8, 4) is 0 Å². The SMILES string of the molecule is Cc1sc(C(F)(F)F)nc1CC1CNC1. The van der Waals surface area contributed by atoms with Gasteiger partial charge in [0.15, 0.2) is 5.01 Å². The highest BCUT2D eigenvalue weighted by Gasteiger charge is 2.35. The van der Waals surface area contributed by atoms with Gasteiger partial charge in [0.25, 0.3) is 0 Å². The lowest BCUT2D eigenvalue weighted by Crippen LogP contribution is -2.43. The minimum Gasteiger partial charge on any atom is -0.316 e. The van der Waals surface area contributed by atoms with E-state index in [1.165, 1.54) is 0 Å². The number of alkyl halides is 3. The molecule has 0 aromatic carbocycles. The molecule has 0 bridgehead atoms. The van der Waals surface area contributed by atoms with Gasteiger partial charge in [-0.3, -0.25) is 0 Å². The lowest BCUT2D eigenvalue weighted by atomic mass is 9.97. The summed E-state index contributed by atoms with van der Waals surface area (Å²) in [5.41, 5.74) is 0.610. The first-order chi connectivity index (χ1) is 6.97. The van der Waals surface area contributed by atoms with Gasteiger partial charge < -0.3 is 5.32 Å². The van der Waals surface area contributed by atoms with E-state index in [4.69, 9.17) is 0 Å². The van der Waals surface area contributed by atoms with Crippen LogP contribution in [0.4, 0.5) is 13.2 Å². The summed E-state index contributed by atoms with van der Waals surface area (Å²) in [6, 6.07) is 0. The Kier molecular flexibility index (Phi) is 2.72. The van der Waals surface area contributed by atoms with Crippen molar-refractivity contribution in [2.75, 3.05) is 13.1 Å². The highest BCUT2D eigenvalue weighted by Crippen LogP contribution is 2.34. The lowest BCUT2D eigenvalue weighted by Gasteiger charge is -2.26. The molecule has 1 aromatic rings. The van der Waals surface area contributed by atoms with Crippen molar-refractivity contribution < 1.29 is 13.2 Å². The molecule has 0 amide bonds. The molecule has 0 unspecified atom stereocenters. The van der Waals surface area contributed by atoms with Gasteiger partial charge in [0.1, 0.15) is 0 Å². The van der Waals surface area contributed by atoms with Crippen LogP contribution in [-0.2, 0) is 12.6 Å². The molecule has 0 atom stereocenters. The maximum absolute atomic E-state index is 12.4. The van der Waals surface area contributed by atoms with Crippen molar-refractivity contribution in [1.82, 2.24) is 10.3 Å². The molecule has 0 radical (unpaired) electrons. The van der Waals surface area contributed by atoms with E-state index >= 15 is 0 Å². The van der Waals surface area contributed by atoms with Crippen molar-refractivity contribution in [1.29, 1.82) is 0 Å². The normalized spacial score (nSPS) is 17.9. The summed E-state index contributed by atoms with van der Waals surface area (Å²) in [4.78, 5) is 4.36. The van der Waals surface area contributed by atoms with Crippen LogP contribution in [-0.4, -0.2) is 18.1 Å². The molecular formula is C9H11F3N2S. The third-order valence-corrected chi connectivity index (χ3v) is 3.54. The molecule has 1 aliphatic heterocycles. The van der Waals surface area contributed by atoms with E-state index in [1.807, 2.05) is 0 Å². The Morgan fingerprint density at radius 2 is 2.13 bits per heavy atom. The fraction of sp³-hybridized carbons (Fsp3) is 0.667. The minimum absolute atomic E-state index is 0.451. The van der Waals surface area contributed by atoms with E-state index in [0.717, 1.165) is 24.4 Å². The molecule has 0 saturated carbocycles. The Hall–Kier alpha value is -0.620. The monoisotopic (exact) mass is 236 g/mol. The van der Waals surface area contributed by atoms with Crippen molar-refractivity contribution in [2.45, 2.75) is 19.5 Å². The van der Waals surface area contributed by atoms with Crippen LogP contribution in [0.2, 0.25) is 0 Å². The fourth-order valence-electron chi connectivity index (χ4n) is 1.50. The van der Waals surface area contributed by atoms with Crippen LogP contribution in [0, 0.1) is 12.8 Å². The van der Waals surface area contributed by atoms with Crippen LogP contribution >= 0.6 is 11.3 Å². The van der Waals surface area contributed by atoms with Crippen LogP contribution in [0.5, 0.6) is 0 Å². The predicted octanol–water partition coefficient (Wildman–Crippen LogP) is 2.23. The zero-order chi connectivity index (χ0) is 11.1. The average Bonchev–Trinajstić information content (AvgIpc) is 2.39. The van der Waals surface area contributed by atoms with E-state index in [9.17, 15) is 13.2 Å². The highest BCUT2D eigenvalue weighted by molar-refractivity contribution is 7.11. The standard InChI is InChI=1S/C9H11F3N2S/c1-5-7(2-6-3-13-4-6)14-8(15-5)9(10,11)12/h6,13H,2-4H2,1H3. The second-order valence-corrected chi connectivity index (χ2v) is 4.95. The van der Waals surface area contributed by atoms with Crippen LogP contribution in [0.15, 0.2) is 0 Å². The first kappa shape index (κ1) is 10.9. The zero-order valence-corrected chi connectivity index (χ0v) is 9.00. The summed E-state index contributed by atoms with van der Waals surface area (Å²) in [7, 11) is 0. The van der Waals surface area contributed by atoms with Gasteiger partial charge in [0.2, 0.25) is 0 Å². The lowest BCUT2D eigenvalue weighted by molar-refractivity contribution is -0.137. The first-order valence-electron chi connectivity index (χ1n) is 4.71. The molecule has 0 aliphatic carbocycles. The van der Waals surface area contributed by atoms with E-state index in [-0.39, 0.29) is 0 Å². The maximum Gasteiger partial charge on any atom is 0.443 e. The molecule has 6 heteroatoms. The second kappa shape index (κ2) is 3.75.